The zero-order valence-electron chi connectivity index (χ0n) is 13.6. The molecule has 0 spiro atoms. The van der Waals surface area contributed by atoms with E-state index in [-0.39, 0.29) is 0 Å². The summed E-state index contributed by atoms with van der Waals surface area (Å²) in [4.78, 5) is 4.45. The van der Waals surface area contributed by atoms with E-state index in [2.05, 4.69) is 34.5 Å². The molecule has 2 rings (SSSR count). The summed E-state index contributed by atoms with van der Waals surface area (Å²) < 4.78 is 0. The molecule has 0 aromatic heterocycles. The highest BCUT2D eigenvalue weighted by Crippen LogP contribution is 2.20. The molecule has 2 N–H and O–H groups in total. The predicted octanol–water partition coefficient (Wildman–Crippen LogP) is 1.69. The van der Waals surface area contributed by atoms with Crippen LogP contribution < -0.4 is 10.2 Å². The summed E-state index contributed by atoms with van der Waals surface area (Å²) >= 11 is 0. The molecule has 0 radical (unpaired) electrons. The van der Waals surface area contributed by atoms with Crippen LogP contribution in [-0.4, -0.2) is 55.9 Å². The first-order valence-electron chi connectivity index (χ1n) is 7.88. The second-order valence-corrected chi connectivity index (χ2v) is 6.70. The largest absolute Gasteiger partial charge is 0.388 e. The second-order valence-electron chi connectivity index (χ2n) is 6.70. The lowest BCUT2D eigenvalue weighted by Crippen LogP contribution is -2.45. The Labute approximate surface area is 128 Å². The summed E-state index contributed by atoms with van der Waals surface area (Å²) in [5.41, 5.74) is 1.90. The minimum absolute atomic E-state index is 0.596. The molecule has 1 unspecified atom stereocenters. The average molecular weight is 291 g/mol. The van der Waals surface area contributed by atoms with Crippen molar-refractivity contribution >= 4 is 5.69 Å². The van der Waals surface area contributed by atoms with Gasteiger partial charge in [0.1, 0.15) is 0 Å². The molecule has 0 bridgehead atoms. The Morgan fingerprint density at radius 3 is 2.38 bits per heavy atom. The summed E-state index contributed by atoms with van der Waals surface area (Å²) in [5, 5.41) is 13.6. The average Bonchev–Trinajstić information content (AvgIpc) is 2.91. The van der Waals surface area contributed by atoms with Gasteiger partial charge in [-0.1, -0.05) is 12.1 Å². The van der Waals surface area contributed by atoms with Gasteiger partial charge in [0.25, 0.3) is 0 Å². The van der Waals surface area contributed by atoms with Gasteiger partial charge in [-0.2, -0.15) is 0 Å². The van der Waals surface area contributed by atoms with Crippen molar-refractivity contribution in [2.75, 3.05) is 45.2 Å². The van der Waals surface area contributed by atoms with Gasteiger partial charge in [0.2, 0.25) is 0 Å². The maximum Gasteiger partial charge on any atom is 0.0869 e. The van der Waals surface area contributed by atoms with E-state index in [1.807, 2.05) is 25.9 Å². The minimum Gasteiger partial charge on any atom is -0.388 e. The fourth-order valence-electron chi connectivity index (χ4n) is 3.01. The van der Waals surface area contributed by atoms with E-state index < -0.39 is 5.60 Å². The van der Waals surface area contributed by atoms with Crippen molar-refractivity contribution in [3.63, 3.8) is 0 Å². The van der Waals surface area contributed by atoms with E-state index >= 15 is 0 Å². The Bertz CT molecular complexity index is 422. The van der Waals surface area contributed by atoms with Gasteiger partial charge in [0.05, 0.1) is 5.60 Å². The topological polar surface area (TPSA) is 38.7 Å². The lowest BCUT2D eigenvalue weighted by Gasteiger charge is -2.27. The van der Waals surface area contributed by atoms with Gasteiger partial charge < -0.3 is 20.2 Å². The first-order chi connectivity index (χ1) is 9.96. The number of aliphatic hydroxyl groups is 1. The van der Waals surface area contributed by atoms with E-state index in [0.717, 1.165) is 6.54 Å². The molecule has 0 saturated carbocycles. The van der Waals surface area contributed by atoms with Gasteiger partial charge in [0, 0.05) is 38.4 Å². The molecule has 1 atom stereocenters. The molecule has 1 aliphatic heterocycles. The van der Waals surface area contributed by atoms with Crippen molar-refractivity contribution in [2.45, 2.75) is 31.9 Å². The third kappa shape index (κ3) is 5.30. The van der Waals surface area contributed by atoms with Crippen molar-refractivity contribution in [3.8, 4) is 0 Å². The number of nitrogens with zero attached hydrogens (tertiary/aromatic N) is 2. The SMILES string of the molecule is CN(C)CC(C)(O)CNCc1ccc(N2CCCC2)cc1. The molecule has 1 aliphatic rings. The quantitative estimate of drug-likeness (QED) is 0.802. The number of nitrogens with one attached hydrogen (secondary N) is 1. The number of anilines is 1. The molecule has 1 fully saturated rings. The van der Waals surface area contributed by atoms with Gasteiger partial charge in [-0.3, -0.25) is 0 Å². The van der Waals surface area contributed by atoms with Gasteiger partial charge >= 0.3 is 0 Å². The molecule has 1 saturated heterocycles. The Hall–Kier alpha value is -1.10. The molecule has 118 valence electrons. The predicted molar refractivity (Wildman–Crippen MR) is 88.8 cm³/mol. The van der Waals surface area contributed by atoms with E-state index in [1.54, 1.807) is 0 Å². The van der Waals surface area contributed by atoms with Crippen LogP contribution in [0.2, 0.25) is 0 Å². The lowest BCUT2D eigenvalue weighted by atomic mass is 10.1. The van der Waals surface area contributed by atoms with Crippen LogP contribution in [0.3, 0.4) is 0 Å². The summed E-state index contributed by atoms with van der Waals surface area (Å²) in [6.45, 7) is 6.29. The van der Waals surface area contributed by atoms with Crippen LogP contribution in [0.25, 0.3) is 0 Å². The first kappa shape index (κ1) is 16.3. The van der Waals surface area contributed by atoms with Gasteiger partial charge in [0.15, 0.2) is 0 Å². The van der Waals surface area contributed by atoms with E-state index in [4.69, 9.17) is 0 Å². The van der Waals surface area contributed by atoms with Crippen LogP contribution in [-0.2, 0) is 6.54 Å². The Balaban J connectivity index is 1.78. The zero-order chi connectivity index (χ0) is 15.3. The number of hydrogen-bond donors (Lipinski definition) is 2. The summed E-state index contributed by atoms with van der Waals surface area (Å²) in [6.07, 6.45) is 2.62. The molecule has 0 amide bonds. The maximum absolute atomic E-state index is 10.2. The molecule has 4 heteroatoms. The molecule has 21 heavy (non-hydrogen) atoms. The molecular weight excluding hydrogens is 262 g/mol. The summed E-state index contributed by atoms with van der Waals surface area (Å²) in [6, 6.07) is 8.78. The molecule has 4 nitrogen and oxygen atoms in total. The summed E-state index contributed by atoms with van der Waals surface area (Å²) in [5.74, 6) is 0. The highest BCUT2D eigenvalue weighted by Gasteiger charge is 2.20. The van der Waals surface area contributed by atoms with Crippen molar-refractivity contribution < 1.29 is 5.11 Å². The van der Waals surface area contributed by atoms with Crippen molar-refractivity contribution in [1.82, 2.24) is 10.2 Å². The fraction of sp³-hybridized carbons (Fsp3) is 0.647. The smallest absolute Gasteiger partial charge is 0.0869 e. The Morgan fingerprint density at radius 1 is 1.19 bits per heavy atom. The van der Waals surface area contributed by atoms with Crippen LogP contribution in [0.15, 0.2) is 24.3 Å². The molecular formula is C17H29N3O. The Morgan fingerprint density at radius 2 is 1.81 bits per heavy atom. The zero-order valence-corrected chi connectivity index (χ0v) is 13.6. The molecule has 1 aromatic rings. The highest BCUT2D eigenvalue weighted by atomic mass is 16.3. The van der Waals surface area contributed by atoms with Crippen LogP contribution in [0.1, 0.15) is 25.3 Å². The molecule has 1 aromatic carbocycles. The van der Waals surface area contributed by atoms with Crippen molar-refractivity contribution in [1.29, 1.82) is 0 Å². The van der Waals surface area contributed by atoms with Crippen molar-refractivity contribution in [3.05, 3.63) is 29.8 Å². The van der Waals surface area contributed by atoms with Crippen LogP contribution in [0.4, 0.5) is 5.69 Å². The third-order valence-corrected chi connectivity index (χ3v) is 3.90. The standard InChI is InChI=1S/C17H29N3O/c1-17(21,14-19(2)3)13-18-12-15-6-8-16(9-7-15)20-10-4-5-11-20/h6-9,18,21H,4-5,10-14H2,1-3H3. The van der Waals surface area contributed by atoms with Gasteiger partial charge in [-0.15, -0.1) is 0 Å². The molecule has 1 heterocycles. The van der Waals surface area contributed by atoms with E-state index in [9.17, 15) is 5.11 Å². The first-order valence-corrected chi connectivity index (χ1v) is 7.88. The third-order valence-electron chi connectivity index (χ3n) is 3.90. The van der Waals surface area contributed by atoms with Crippen molar-refractivity contribution in [2.24, 2.45) is 0 Å². The summed E-state index contributed by atoms with van der Waals surface area (Å²) in [7, 11) is 3.96. The van der Waals surface area contributed by atoms with Crippen LogP contribution >= 0.6 is 0 Å². The number of hydrogen-bond acceptors (Lipinski definition) is 4. The number of benzene rings is 1. The van der Waals surface area contributed by atoms with Crippen LogP contribution in [0, 0.1) is 0 Å². The van der Waals surface area contributed by atoms with Crippen LogP contribution in [0.5, 0.6) is 0 Å². The maximum atomic E-state index is 10.2. The number of likely N-dealkylation sites (N-methyl/N-ethyl adjacent to an activating group) is 1. The highest BCUT2D eigenvalue weighted by molar-refractivity contribution is 5.48. The van der Waals surface area contributed by atoms with Gasteiger partial charge in [-0.25, -0.2) is 0 Å². The monoisotopic (exact) mass is 291 g/mol. The Kier molecular flexibility index (Phi) is 5.62. The van der Waals surface area contributed by atoms with E-state index in [0.29, 0.717) is 13.1 Å². The second kappa shape index (κ2) is 7.25. The lowest BCUT2D eigenvalue weighted by molar-refractivity contribution is 0.0336. The van der Waals surface area contributed by atoms with Gasteiger partial charge in [-0.05, 0) is 51.6 Å². The molecule has 0 aliphatic carbocycles. The van der Waals surface area contributed by atoms with E-state index in [1.165, 1.54) is 37.2 Å². The fourth-order valence-corrected chi connectivity index (χ4v) is 3.01. The minimum atomic E-state index is -0.695. The normalized spacial score (nSPS) is 18.2. The number of rotatable bonds is 7.